The molecule has 2 rings (SSSR count). The lowest BCUT2D eigenvalue weighted by Gasteiger charge is -2.16. The number of ether oxygens (including phenoxy) is 2. The Kier molecular flexibility index (Phi) is 5.20. The molecule has 0 saturated carbocycles. The second-order valence-electron chi connectivity index (χ2n) is 4.91. The highest BCUT2D eigenvalue weighted by Gasteiger charge is 2.17. The molecule has 1 N–H and O–H groups in total. The monoisotopic (exact) mass is 351 g/mol. The molecule has 0 bridgehead atoms. The fourth-order valence-electron chi connectivity index (χ4n) is 2.01. The normalized spacial score (nSPS) is 12.3. The lowest BCUT2D eigenvalue weighted by molar-refractivity contribution is 0.211. The lowest BCUT2D eigenvalue weighted by atomic mass is 10.0. The van der Waals surface area contributed by atoms with Crippen LogP contribution in [-0.4, -0.2) is 23.3 Å². The minimum atomic E-state index is -0.823. The molecule has 21 heavy (non-hydrogen) atoms. The van der Waals surface area contributed by atoms with E-state index in [9.17, 15) is 5.11 Å². The zero-order chi connectivity index (χ0) is 15.4. The number of halogens is 1. The van der Waals surface area contributed by atoms with Crippen LogP contribution in [0.25, 0.3) is 0 Å². The smallest absolute Gasteiger partial charge is 0.138 e. The molecular weight excluding hydrogens is 334 g/mol. The Labute approximate surface area is 132 Å². The molecule has 0 aliphatic rings. The van der Waals surface area contributed by atoms with Gasteiger partial charge >= 0.3 is 0 Å². The van der Waals surface area contributed by atoms with Gasteiger partial charge in [-0.05, 0) is 32.0 Å². The molecule has 0 fully saturated rings. The van der Waals surface area contributed by atoms with Gasteiger partial charge in [-0.15, -0.1) is 0 Å². The van der Waals surface area contributed by atoms with Gasteiger partial charge in [0.1, 0.15) is 17.6 Å². The zero-order valence-electron chi connectivity index (χ0n) is 12.2. The molecule has 0 saturated heterocycles. The first-order valence-electron chi connectivity index (χ1n) is 6.64. The summed E-state index contributed by atoms with van der Waals surface area (Å²) in [4.78, 5) is 4.12. The summed E-state index contributed by atoms with van der Waals surface area (Å²) in [6.07, 6.45) is 2.49. The highest BCUT2D eigenvalue weighted by molar-refractivity contribution is 9.10. The van der Waals surface area contributed by atoms with Gasteiger partial charge in [-0.25, -0.2) is 0 Å². The number of rotatable bonds is 5. The van der Waals surface area contributed by atoms with Gasteiger partial charge in [0.25, 0.3) is 0 Å². The van der Waals surface area contributed by atoms with E-state index in [0.29, 0.717) is 22.6 Å². The molecule has 1 unspecified atom stereocenters. The second-order valence-corrected chi connectivity index (χ2v) is 5.83. The van der Waals surface area contributed by atoms with Gasteiger partial charge in [0, 0.05) is 21.8 Å². The van der Waals surface area contributed by atoms with E-state index in [1.165, 1.54) is 0 Å². The number of aliphatic hydroxyl groups is 1. The lowest BCUT2D eigenvalue weighted by Crippen LogP contribution is -2.07. The Bertz CT molecular complexity index is 616. The first kappa shape index (κ1) is 15.8. The van der Waals surface area contributed by atoms with Crippen molar-refractivity contribution < 1.29 is 14.6 Å². The Balaban J connectivity index is 2.33. The zero-order valence-corrected chi connectivity index (χ0v) is 13.8. The number of hydrogen-bond donors (Lipinski definition) is 1. The van der Waals surface area contributed by atoms with Crippen LogP contribution in [-0.2, 0) is 0 Å². The largest absolute Gasteiger partial charge is 0.496 e. The number of nitrogens with zero attached hydrogens (tertiary/aromatic N) is 1. The van der Waals surface area contributed by atoms with Crippen LogP contribution in [0.1, 0.15) is 31.1 Å². The van der Waals surface area contributed by atoms with Crippen molar-refractivity contribution in [3.05, 3.63) is 52.3 Å². The van der Waals surface area contributed by atoms with Gasteiger partial charge in [0.05, 0.1) is 19.4 Å². The summed E-state index contributed by atoms with van der Waals surface area (Å²) in [5, 5.41) is 10.6. The van der Waals surface area contributed by atoms with Crippen LogP contribution >= 0.6 is 15.9 Å². The third-order valence-electron chi connectivity index (χ3n) is 2.91. The summed E-state index contributed by atoms with van der Waals surface area (Å²) < 4.78 is 11.8. The molecule has 1 aromatic heterocycles. The van der Waals surface area contributed by atoms with Gasteiger partial charge in [-0.3, -0.25) is 4.98 Å². The molecule has 0 aliphatic heterocycles. The topological polar surface area (TPSA) is 51.6 Å². The summed E-state index contributed by atoms with van der Waals surface area (Å²) in [5.41, 5.74) is 1.35. The first-order chi connectivity index (χ1) is 10.0. The van der Waals surface area contributed by atoms with Crippen LogP contribution < -0.4 is 9.47 Å². The predicted molar refractivity (Wildman–Crippen MR) is 84.8 cm³/mol. The van der Waals surface area contributed by atoms with Crippen molar-refractivity contribution in [1.82, 2.24) is 4.98 Å². The van der Waals surface area contributed by atoms with Crippen LogP contribution in [0.5, 0.6) is 11.5 Å². The van der Waals surface area contributed by atoms with Gasteiger partial charge < -0.3 is 14.6 Å². The minimum absolute atomic E-state index is 0.0569. The van der Waals surface area contributed by atoms with Crippen molar-refractivity contribution in [3.8, 4) is 11.5 Å². The van der Waals surface area contributed by atoms with Crippen molar-refractivity contribution in [1.29, 1.82) is 0 Å². The molecule has 1 aromatic carbocycles. The molecule has 0 radical (unpaired) electrons. The maximum Gasteiger partial charge on any atom is 0.138 e. The maximum atomic E-state index is 10.6. The highest BCUT2D eigenvalue weighted by Crippen LogP contribution is 2.33. The van der Waals surface area contributed by atoms with Crippen molar-refractivity contribution >= 4 is 15.9 Å². The molecular formula is C16H18BrNO3. The van der Waals surface area contributed by atoms with E-state index in [2.05, 4.69) is 20.9 Å². The molecule has 0 aliphatic carbocycles. The quantitative estimate of drug-likeness (QED) is 0.891. The van der Waals surface area contributed by atoms with Crippen molar-refractivity contribution in [2.24, 2.45) is 0 Å². The Morgan fingerprint density at radius 3 is 2.62 bits per heavy atom. The molecule has 5 heteroatoms. The summed E-state index contributed by atoms with van der Waals surface area (Å²) in [7, 11) is 1.58. The van der Waals surface area contributed by atoms with Crippen LogP contribution in [0, 0.1) is 0 Å². The summed E-state index contributed by atoms with van der Waals surface area (Å²) in [6.45, 7) is 3.89. The Hall–Kier alpha value is -1.59. The van der Waals surface area contributed by atoms with E-state index in [0.717, 1.165) is 4.47 Å². The van der Waals surface area contributed by atoms with E-state index < -0.39 is 6.10 Å². The Morgan fingerprint density at radius 1 is 1.19 bits per heavy atom. The minimum Gasteiger partial charge on any atom is -0.496 e. The van der Waals surface area contributed by atoms with Gasteiger partial charge in [0.2, 0.25) is 0 Å². The molecule has 0 spiro atoms. The number of pyridine rings is 1. The molecule has 2 aromatic rings. The molecule has 0 amide bonds. The van der Waals surface area contributed by atoms with Crippen LogP contribution in [0.3, 0.4) is 0 Å². The van der Waals surface area contributed by atoms with E-state index in [-0.39, 0.29) is 6.10 Å². The van der Waals surface area contributed by atoms with E-state index in [1.54, 1.807) is 25.6 Å². The fraction of sp³-hybridized carbons (Fsp3) is 0.312. The molecule has 112 valence electrons. The number of benzene rings is 1. The number of aromatic nitrogens is 1. The molecule has 1 heterocycles. The highest BCUT2D eigenvalue weighted by atomic mass is 79.9. The number of methoxy groups -OCH3 is 1. The number of hydrogen-bond acceptors (Lipinski definition) is 4. The Morgan fingerprint density at radius 2 is 1.95 bits per heavy atom. The second kappa shape index (κ2) is 6.91. The van der Waals surface area contributed by atoms with Gasteiger partial charge in [0.15, 0.2) is 0 Å². The van der Waals surface area contributed by atoms with E-state index in [1.807, 2.05) is 32.0 Å². The third kappa shape index (κ3) is 3.95. The fourth-order valence-corrected chi connectivity index (χ4v) is 2.35. The average Bonchev–Trinajstić information content (AvgIpc) is 2.46. The van der Waals surface area contributed by atoms with Gasteiger partial charge in [-0.2, -0.15) is 0 Å². The summed E-state index contributed by atoms with van der Waals surface area (Å²) in [5.74, 6) is 1.25. The van der Waals surface area contributed by atoms with Crippen LogP contribution in [0.2, 0.25) is 0 Å². The van der Waals surface area contributed by atoms with Gasteiger partial charge in [-0.1, -0.05) is 22.0 Å². The molecule has 1 atom stereocenters. The van der Waals surface area contributed by atoms with Crippen molar-refractivity contribution in [2.75, 3.05) is 7.11 Å². The number of aliphatic hydroxyl groups excluding tert-OH is 1. The van der Waals surface area contributed by atoms with Crippen LogP contribution in [0.15, 0.2) is 41.1 Å². The van der Waals surface area contributed by atoms with E-state index in [4.69, 9.17) is 9.47 Å². The summed E-state index contributed by atoms with van der Waals surface area (Å²) in [6, 6.07) is 7.30. The third-order valence-corrected chi connectivity index (χ3v) is 3.41. The summed E-state index contributed by atoms with van der Waals surface area (Å²) >= 11 is 3.39. The van der Waals surface area contributed by atoms with Crippen molar-refractivity contribution in [2.45, 2.75) is 26.1 Å². The molecule has 4 nitrogen and oxygen atoms in total. The predicted octanol–water partition coefficient (Wildman–Crippen LogP) is 3.72. The average molecular weight is 352 g/mol. The standard InChI is InChI=1S/C16H18BrNO3/c1-10(2)21-13-6-11(8-18-9-13)16(19)14-5-4-12(17)7-15(14)20-3/h4-10,16,19H,1-3H3. The SMILES string of the molecule is COc1cc(Br)ccc1C(O)c1cncc(OC(C)C)c1. The maximum absolute atomic E-state index is 10.6. The first-order valence-corrected chi connectivity index (χ1v) is 7.43. The van der Waals surface area contributed by atoms with E-state index >= 15 is 0 Å². The van der Waals surface area contributed by atoms with Crippen molar-refractivity contribution in [3.63, 3.8) is 0 Å². The van der Waals surface area contributed by atoms with Crippen LogP contribution in [0.4, 0.5) is 0 Å².